The van der Waals surface area contributed by atoms with Gasteiger partial charge in [-0.3, -0.25) is 4.79 Å². The number of hydrogen-bond acceptors (Lipinski definition) is 2. The summed E-state index contributed by atoms with van der Waals surface area (Å²) in [6.07, 6.45) is 2.65. The van der Waals surface area contributed by atoms with Crippen molar-refractivity contribution >= 4 is 5.91 Å². The van der Waals surface area contributed by atoms with Crippen molar-refractivity contribution in [2.45, 2.75) is 46.1 Å². The third-order valence-electron chi connectivity index (χ3n) is 2.37. The van der Waals surface area contributed by atoms with Gasteiger partial charge in [0, 0.05) is 12.5 Å². The second-order valence-electron chi connectivity index (χ2n) is 4.99. The van der Waals surface area contributed by atoms with Gasteiger partial charge in [0.25, 0.3) is 0 Å². The maximum atomic E-state index is 11.5. The Morgan fingerprint density at radius 3 is 2.27 bits per heavy atom. The van der Waals surface area contributed by atoms with Gasteiger partial charge in [0.1, 0.15) is 0 Å². The van der Waals surface area contributed by atoms with Crippen LogP contribution in [0.25, 0.3) is 0 Å². The summed E-state index contributed by atoms with van der Waals surface area (Å²) in [5.74, 6) is 0.794. The quantitative estimate of drug-likeness (QED) is 0.702. The van der Waals surface area contributed by atoms with E-state index in [4.69, 9.17) is 0 Å². The van der Waals surface area contributed by atoms with Gasteiger partial charge in [-0.2, -0.15) is 0 Å². The average Bonchev–Trinajstić information content (AvgIpc) is 2.11. The van der Waals surface area contributed by atoms with Gasteiger partial charge in [-0.1, -0.05) is 13.8 Å². The van der Waals surface area contributed by atoms with Gasteiger partial charge in [-0.05, 0) is 46.3 Å². The molecule has 0 aromatic rings. The van der Waals surface area contributed by atoms with Crippen LogP contribution in [-0.2, 0) is 4.79 Å². The molecule has 1 amide bonds. The van der Waals surface area contributed by atoms with E-state index in [2.05, 4.69) is 31.0 Å². The maximum absolute atomic E-state index is 11.5. The van der Waals surface area contributed by atoms with E-state index < -0.39 is 0 Å². The number of nitrogens with zero attached hydrogens (tertiary/aromatic N) is 1. The van der Waals surface area contributed by atoms with Crippen LogP contribution in [0, 0.1) is 5.92 Å². The van der Waals surface area contributed by atoms with E-state index in [-0.39, 0.29) is 11.9 Å². The van der Waals surface area contributed by atoms with Gasteiger partial charge in [-0.15, -0.1) is 0 Å². The van der Waals surface area contributed by atoms with Crippen LogP contribution in [0.15, 0.2) is 0 Å². The van der Waals surface area contributed by atoms with E-state index in [9.17, 15) is 4.79 Å². The second kappa shape index (κ2) is 7.69. The minimum Gasteiger partial charge on any atom is -0.354 e. The molecule has 0 saturated heterocycles. The van der Waals surface area contributed by atoms with Crippen LogP contribution >= 0.6 is 0 Å². The lowest BCUT2D eigenvalue weighted by Crippen LogP contribution is -2.34. The predicted molar refractivity (Wildman–Crippen MR) is 64.8 cm³/mol. The minimum absolute atomic E-state index is 0.190. The number of nitrogens with one attached hydrogen (secondary N) is 1. The summed E-state index contributed by atoms with van der Waals surface area (Å²) in [6, 6.07) is 0.284. The van der Waals surface area contributed by atoms with Gasteiger partial charge in [0.05, 0.1) is 0 Å². The molecule has 3 nitrogen and oxygen atoms in total. The number of rotatable bonds is 7. The first-order chi connectivity index (χ1) is 6.91. The largest absolute Gasteiger partial charge is 0.354 e. The van der Waals surface area contributed by atoms with Crippen LogP contribution in [0.3, 0.4) is 0 Å². The van der Waals surface area contributed by atoms with E-state index in [0.717, 1.165) is 19.4 Å². The molecule has 0 aromatic carbocycles. The van der Waals surface area contributed by atoms with Crippen LogP contribution in [-0.4, -0.2) is 37.5 Å². The van der Waals surface area contributed by atoms with Crippen molar-refractivity contribution in [3.63, 3.8) is 0 Å². The third-order valence-corrected chi connectivity index (χ3v) is 2.37. The Bertz CT molecular complexity index is 178. The lowest BCUT2D eigenvalue weighted by Gasteiger charge is -2.17. The van der Waals surface area contributed by atoms with E-state index in [0.29, 0.717) is 12.3 Å². The lowest BCUT2D eigenvalue weighted by atomic mass is 10.1. The van der Waals surface area contributed by atoms with Crippen molar-refractivity contribution in [1.82, 2.24) is 10.2 Å². The molecule has 0 aliphatic rings. The zero-order valence-electron chi connectivity index (χ0n) is 10.8. The first-order valence-electron chi connectivity index (χ1n) is 5.86. The Hall–Kier alpha value is -0.570. The number of carbonyl (C=O) groups excluding carboxylic acids is 1. The molecule has 0 rings (SSSR count). The van der Waals surface area contributed by atoms with Crippen molar-refractivity contribution < 1.29 is 4.79 Å². The predicted octanol–water partition coefficient (Wildman–Crippen LogP) is 1.88. The molecule has 1 N–H and O–H groups in total. The number of hydrogen-bond donors (Lipinski definition) is 1. The van der Waals surface area contributed by atoms with Crippen LogP contribution in [0.1, 0.15) is 40.0 Å². The van der Waals surface area contributed by atoms with Crippen molar-refractivity contribution in [1.29, 1.82) is 0 Å². The Morgan fingerprint density at radius 1 is 1.20 bits per heavy atom. The zero-order chi connectivity index (χ0) is 11.8. The molecule has 15 heavy (non-hydrogen) atoms. The average molecular weight is 214 g/mol. The van der Waals surface area contributed by atoms with Gasteiger partial charge in [-0.25, -0.2) is 0 Å². The van der Waals surface area contributed by atoms with Crippen LogP contribution in [0.2, 0.25) is 0 Å². The summed E-state index contributed by atoms with van der Waals surface area (Å²) in [4.78, 5) is 13.6. The first-order valence-corrected chi connectivity index (χ1v) is 5.86. The molecule has 0 aliphatic heterocycles. The monoisotopic (exact) mass is 214 g/mol. The van der Waals surface area contributed by atoms with Gasteiger partial charge < -0.3 is 10.2 Å². The second-order valence-corrected chi connectivity index (χ2v) is 4.99. The highest BCUT2D eigenvalue weighted by Crippen LogP contribution is 2.03. The standard InChI is InChI=1S/C12H26N2O/c1-10(2)6-7-12(15)13-11(3)8-9-14(4)5/h10-11H,6-9H2,1-5H3,(H,13,15). The molecule has 0 aliphatic carbocycles. The highest BCUT2D eigenvalue weighted by atomic mass is 16.1. The molecule has 0 heterocycles. The SMILES string of the molecule is CC(C)CCC(=O)NC(C)CCN(C)C. The summed E-state index contributed by atoms with van der Waals surface area (Å²) in [7, 11) is 4.10. The lowest BCUT2D eigenvalue weighted by molar-refractivity contribution is -0.122. The number of carbonyl (C=O) groups is 1. The van der Waals surface area contributed by atoms with E-state index in [1.54, 1.807) is 0 Å². The normalized spacial score (nSPS) is 13.3. The Kier molecular flexibility index (Phi) is 7.39. The highest BCUT2D eigenvalue weighted by molar-refractivity contribution is 5.76. The molecule has 3 heteroatoms. The minimum atomic E-state index is 0.190. The third kappa shape index (κ3) is 9.73. The molecule has 0 spiro atoms. The van der Waals surface area contributed by atoms with Crippen LogP contribution < -0.4 is 5.32 Å². The van der Waals surface area contributed by atoms with Crippen molar-refractivity contribution in [3.05, 3.63) is 0 Å². The summed E-state index contributed by atoms with van der Waals surface area (Å²) in [5, 5.41) is 3.02. The topological polar surface area (TPSA) is 32.3 Å². The van der Waals surface area contributed by atoms with Crippen molar-refractivity contribution in [2.24, 2.45) is 5.92 Å². The van der Waals surface area contributed by atoms with Gasteiger partial charge >= 0.3 is 0 Å². The van der Waals surface area contributed by atoms with E-state index >= 15 is 0 Å². The van der Waals surface area contributed by atoms with E-state index in [1.165, 1.54) is 0 Å². The molecule has 90 valence electrons. The van der Waals surface area contributed by atoms with Crippen LogP contribution in [0.5, 0.6) is 0 Å². The maximum Gasteiger partial charge on any atom is 0.220 e. The summed E-state index contributed by atoms with van der Waals surface area (Å²) >= 11 is 0. The molecular formula is C12H26N2O. The molecule has 0 aromatic heterocycles. The van der Waals surface area contributed by atoms with Gasteiger partial charge in [0.2, 0.25) is 5.91 Å². The highest BCUT2D eigenvalue weighted by Gasteiger charge is 2.07. The zero-order valence-corrected chi connectivity index (χ0v) is 10.8. The Morgan fingerprint density at radius 2 is 1.80 bits per heavy atom. The molecular weight excluding hydrogens is 188 g/mol. The number of amides is 1. The van der Waals surface area contributed by atoms with Gasteiger partial charge in [0.15, 0.2) is 0 Å². The Labute approximate surface area is 94.2 Å². The molecule has 0 bridgehead atoms. The summed E-state index contributed by atoms with van der Waals surface area (Å²) in [6.45, 7) is 7.37. The fraction of sp³-hybridized carbons (Fsp3) is 0.917. The summed E-state index contributed by atoms with van der Waals surface area (Å²) in [5.41, 5.74) is 0. The van der Waals surface area contributed by atoms with E-state index in [1.807, 2.05) is 14.1 Å². The molecule has 0 fully saturated rings. The fourth-order valence-electron chi connectivity index (χ4n) is 1.29. The molecule has 1 unspecified atom stereocenters. The molecule has 0 saturated carbocycles. The fourth-order valence-corrected chi connectivity index (χ4v) is 1.29. The summed E-state index contributed by atoms with van der Waals surface area (Å²) < 4.78 is 0. The molecule has 1 atom stereocenters. The van der Waals surface area contributed by atoms with Crippen molar-refractivity contribution in [3.8, 4) is 0 Å². The molecule has 0 radical (unpaired) electrons. The first kappa shape index (κ1) is 14.4. The van der Waals surface area contributed by atoms with Crippen LogP contribution in [0.4, 0.5) is 0 Å². The Balaban J connectivity index is 3.57. The smallest absolute Gasteiger partial charge is 0.220 e. The van der Waals surface area contributed by atoms with Crippen molar-refractivity contribution in [2.75, 3.05) is 20.6 Å².